The molecule has 21 heteroatoms. The first kappa shape index (κ1) is 24.3. The molecule has 3 heterocycles. The van der Waals surface area contributed by atoms with E-state index in [4.69, 9.17) is 25.2 Å². The molecule has 8 N–H and O–H groups in total. The number of phosphoric ester groups is 1. The van der Waals surface area contributed by atoms with Crippen molar-refractivity contribution in [1.82, 2.24) is 19.5 Å². The predicted octanol–water partition coefficient (Wildman–Crippen LogP) is -1.63. The number of imidazole rings is 1. The Labute approximate surface area is 171 Å². The molecule has 2 unspecified atom stereocenters. The van der Waals surface area contributed by atoms with Crippen LogP contribution in [0.5, 0.6) is 0 Å². The van der Waals surface area contributed by atoms with Crippen LogP contribution >= 0.6 is 23.5 Å². The molecule has 6 atom stereocenters. The number of aliphatic hydroxyl groups excluding tert-OH is 2. The van der Waals surface area contributed by atoms with E-state index in [1.165, 1.54) is 10.9 Å². The fourth-order valence-corrected chi connectivity index (χ4v) is 5.65. The van der Waals surface area contributed by atoms with Gasteiger partial charge in [0.15, 0.2) is 17.7 Å². The SMILES string of the molecule is Nc1ncnc2c1ncn2[C@@H]1O[C@H](COP(=O)(O)OP(=O)(O)OP(=O)(O)O)[C@@H](O)[C@@H]1O. The normalized spacial score (nSPS) is 28.5. The molecule has 0 bridgehead atoms. The van der Waals surface area contributed by atoms with Crippen LogP contribution in [0.1, 0.15) is 6.23 Å². The van der Waals surface area contributed by atoms with Gasteiger partial charge in [-0.25, -0.2) is 28.6 Å². The molecule has 1 saturated heterocycles. The Bertz CT molecular complexity index is 1100. The highest BCUT2D eigenvalue weighted by Gasteiger charge is 2.47. The minimum atomic E-state index is -5.70. The first-order chi connectivity index (χ1) is 14.2. The number of nitrogens with two attached hydrogens (primary N) is 1. The van der Waals surface area contributed by atoms with Gasteiger partial charge in [-0.1, -0.05) is 0 Å². The largest absolute Gasteiger partial charge is 0.490 e. The molecule has 3 rings (SSSR count). The summed E-state index contributed by atoms with van der Waals surface area (Å²) < 4.78 is 51.9. The molecule has 174 valence electrons. The number of fused-ring (bicyclic) bond motifs is 1. The molecule has 0 radical (unpaired) electrons. The van der Waals surface area contributed by atoms with Gasteiger partial charge < -0.3 is 40.3 Å². The summed E-state index contributed by atoms with van der Waals surface area (Å²) in [5.74, 6) is 0.0426. The second-order valence-corrected chi connectivity index (χ2v) is 10.4. The van der Waals surface area contributed by atoms with Crippen molar-refractivity contribution in [3.8, 4) is 0 Å². The molecule has 0 aliphatic carbocycles. The van der Waals surface area contributed by atoms with Crippen LogP contribution in [-0.2, 0) is 31.6 Å². The number of hydrogen-bond acceptors (Lipinski definition) is 13. The zero-order valence-electron chi connectivity index (χ0n) is 14.9. The quantitative estimate of drug-likeness (QED) is 0.197. The molecule has 0 aromatic carbocycles. The summed E-state index contributed by atoms with van der Waals surface area (Å²) in [4.78, 5) is 47.2. The number of aromatic nitrogens is 4. The second kappa shape index (κ2) is 8.53. The molecule has 1 aliphatic heterocycles. The van der Waals surface area contributed by atoms with Gasteiger partial charge in [-0.2, -0.15) is 8.62 Å². The van der Waals surface area contributed by atoms with E-state index >= 15 is 0 Å². The van der Waals surface area contributed by atoms with Gasteiger partial charge in [0, 0.05) is 0 Å². The monoisotopic (exact) mass is 507 g/mol. The second-order valence-electron chi connectivity index (χ2n) is 6.02. The third-order valence-corrected chi connectivity index (χ3v) is 7.62. The summed E-state index contributed by atoms with van der Waals surface area (Å²) in [6.07, 6.45) is -3.69. The molecular formula is C10H16N5O13P3. The molecule has 2 aromatic heterocycles. The third-order valence-electron chi connectivity index (χ3n) is 3.82. The van der Waals surface area contributed by atoms with Crippen LogP contribution in [-0.4, -0.2) is 74.2 Å². The molecule has 31 heavy (non-hydrogen) atoms. The Balaban J connectivity index is 1.69. The highest BCUT2D eigenvalue weighted by molar-refractivity contribution is 7.66. The number of ether oxygens (including phenoxy) is 1. The van der Waals surface area contributed by atoms with E-state index in [1.807, 2.05) is 0 Å². The Morgan fingerprint density at radius 2 is 1.71 bits per heavy atom. The van der Waals surface area contributed by atoms with E-state index < -0.39 is 54.6 Å². The van der Waals surface area contributed by atoms with Crippen molar-refractivity contribution in [3.05, 3.63) is 12.7 Å². The lowest BCUT2D eigenvalue weighted by Gasteiger charge is -2.19. The Morgan fingerprint density at radius 1 is 1.03 bits per heavy atom. The number of rotatable bonds is 8. The van der Waals surface area contributed by atoms with Crippen molar-refractivity contribution in [2.24, 2.45) is 0 Å². The summed E-state index contributed by atoms with van der Waals surface area (Å²) in [6.45, 7) is -0.956. The van der Waals surface area contributed by atoms with Crippen molar-refractivity contribution in [3.63, 3.8) is 0 Å². The highest BCUT2D eigenvalue weighted by Crippen LogP contribution is 2.66. The van der Waals surface area contributed by atoms with E-state index in [0.717, 1.165) is 6.33 Å². The van der Waals surface area contributed by atoms with Gasteiger partial charge in [0.05, 0.1) is 12.9 Å². The standard InChI is InChI=1S/C10H16N5O13P3/c11-8-5-9(13-2-12-8)15(3-14-5)10-7(17)6(16)4(26-10)1-25-30(21,22)28-31(23,24)27-29(18,19)20/h2-4,6-7,10,16-17H,1H2,(H,21,22)(H,23,24)(H2,11,12,13)(H2,18,19,20)/t4-,6-,7+,10-/m1/s1. The zero-order valence-corrected chi connectivity index (χ0v) is 17.6. The molecule has 0 spiro atoms. The lowest BCUT2D eigenvalue weighted by molar-refractivity contribution is -0.0503. The van der Waals surface area contributed by atoms with Crippen LogP contribution in [0.4, 0.5) is 5.82 Å². The van der Waals surface area contributed by atoms with Crippen molar-refractivity contribution < 1.29 is 61.4 Å². The summed E-state index contributed by atoms with van der Waals surface area (Å²) in [5.41, 5.74) is 6.00. The summed E-state index contributed by atoms with van der Waals surface area (Å²) in [5, 5.41) is 20.4. The van der Waals surface area contributed by atoms with Crippen molar-refractivity contribution in [2.45, 2.75) is 24.5 Å². The minimum absolute atomic E-state index is 0.0426. The topological polar surface area (TPSA) is 279 Å². The van der Waals surface area contributed by atoms with Crippen molar-refractivity contribution in [1.29, 1.82) is 0 Å². The van der Waals surface area contributed by atoms with Gasteiger partial charge in [-0.05, 0) is 0 Å². The Hall–Kier alpha value is -1.36. The van der Waals surface area contributed by atoms with Gasteiger partial charge in [-0.15, -0.1) is 0 Å². The lowest BCUT2D eigenvalue weighted by atomic mass is 10.1. The van der Waals surface area contributed by atoms with Crippen LogP contribution in [0.15, 0.2) is 12.7 Å². The van der Waals surface area contributed by atoms with E-state index in [2.05, 4.69) is 28.1 Å². The summed E-state index contributed by atoms with van der Waals surface area (Å²) in [6, 6.07) is 0. The third kappa shape index (κ3) is 5.71. The first-order valence-corrected chi connectivity index (χ1v) is 12.4. The fraction of sp³-hybridized carbons (Fsp3) is 0.500. The molecule has 18 nitrogen and oxygen atoms in total. The van der Waals surface area contributed by atoms with Crippen molar-refractivity contribution >= 4 is 40.4 Å². The Kier molecular flexibility index (Phi) is 6.68. The molecular weight excluding hydrogens is 491 g/mol. The molecule has 1 fully saturated rings. The van der Waals surface area contributed by atoms with Crippen LogP contribution in [0, 0.1) is 0 Å². The molecule has 0 saturated carbocycles. The van der Waals surface area contributed by atoms with Gasteiger partial charge in [0.25, 0.3) is 0 Å². The van der Waals surface area contributed by atoms with E-state index in [1.54, 1.807) is 0 Å². The van der Waals surface area contributed by atoms with Crippen molar-refractivity contribution in [2.75, 3.05) is 12.3 Å². The van der Waals surface area contributed by atoms with Gasteiger partial charge >= 0.3 is 23.5 Å². The smallest absolute Gasteiger partial charge is 0.387 e. The average molecular weight is 507 g/mol. The van der Waals surface area contributed by atoms with Gasteiger partial charge in [0.1, 0.15) is 30.2 Å². The molecule has 2 aromatic rings. The van der Waals surface area contributed by atoms with Crippen LogP contribution in [0.3, 0.4) is 0 Å². The predicted molar refractivity (Wildman–Crippen MR) is 95.5 cm³/mol. The van der Waals surface area contributed by atoms with E-state index in [0.29, 0.717) is 0 Å². The maximum absolute atomic E-state index is 11.8. The number of nitrogens with zero attached hydrogens (tertiary/aromatic N) is 4. The zero-order chi connectivity index (χ0) is 23.2. The van der Waals surface area contributed by atoms with Crippen LogP contribution in [0.2, 0.25) is 0 Å². The highest BCUT2D eigenvalue weighted by atomic mass is 31.3. The van der Waals surface area contributed by atoms with Gasteiger partial charge in [-0.3, -0.25) is 9.09 Å². The number of phosphoric acid groups is 3. The number of anilines is 1. The number of nitrogen functional groups attached to an aromatic ring is 1. The first-order valence-electron chi connectivity index (χ1n) is 7.92. The van der Waals surface area contributed by atoms with E-state index in [9.17, 15) is 28.8 Å². The van der Waals surface area contributed by atoms with E-state index in [-0.39, 0.29) is 17.0 Å². The van der Waals surface area contributed by atoms with Crippen LogP contribution in [0.25, 0.3) is 11.2 Å². The number of aliphatic hydroxyl groups is 2. The summed E-state index contributed by atoms with van der Waals surface area (Å²) in [7, 11) is -16.7. The van der Waals surface area contributed by atoms with Crippen LogP contribution < -0.4 is 5.73 Å². The number of hydrogen-bond donors (Lipinski definition) is 7. The maximum atomic E-state index is 11.8. The molecule has 0 amide bonds. The molecule has 1 aliphatic rings. The lowest BCUT2D eigenvalue weighted by Crippen LogP contribution is -2.33. The Morgan fingerprint density at radius 3 is 2.35 bits per heavy atom. The maximum Gasteiger partial charge on any atom is 0.490 e. The van der Waals surface area contributed by atoms with Gasteiger partial charge in [0.2, 0.25) is 0 Å². The average Bonchev–Trinajstić information content (AvgIpc) is 3.13. The summed E-state index contributed by atoms with van der Waals surface area (Å²) >= 11 is 0. The fourth-order valence-electron chi connectivity index (χ4n) is 2.62. The minimum Gasteiger partial charge on any atom is -0.387 e.